The van der Waals surface area contributed by atoms with Crippen LogP contribution in [0.2, 0.25) is 0 Å². The highest BCUT2D eigenvalue weighted by Crippen LogP contribution is 2.18. The van der Waals surface area contributed by atoms with Crippen LogP contribution in [0.15, 0.2) is 21.8 Å². The molecule has 1 unspecified atom stereocenters. The Balaban J connectivity index is 2.55. The van der Waals surface area contributed by atoms with E-state index in [1.807, 2.05) is 0 Å². The van der Waals surface area contributed by atoms with Gasteiger partial charge in [-0.3, -0.25) is 4.99 Å². The molecule has 0 radical (unpaired) electrons. The molecule has 22 heavy (non-hydrogen) atoms. The number of nitrogens with one attached hydrogen (secondary N) is 2. The quantitative estimate of drug-likeness (QED) is 0.570. The second-order valence-electron chi connectivity index (χ2n) is 6.94. The van der Waals surface area contributed by atoms with Crippen molar-refractivity contribution >= 4 is 17.3 Å². The van der Waals surface area contributed by atoms with Crippen LogP contribution in [-0.4, -0.2) is 51.1 Å². The van der Waals surface area contributed by atoms with E-state index in [0.29, 0.717) is 5.92 Å². The summed E-state index contributed by atoms with van der Waals surface area (Å²) in [6.07, 6.45) is 0. The fraction of sp³-hybridized carbons (Fsp3) is 0.706. The maximum absolute atomic E-state index is 4.76. The summed E-state index contributed by atoms with van der Waals surface area (Å²) < 4.78 is 0. The number of guanidine groups is 1. The van der Waals surface area contributed by atoms with Crippen molar-refractivity contribution in [1.29, 1.82) is 0 Å². The third kappa shape index (κ3) is 7.27. The third-order valence-corrected chi connectivity index (χ3v) is 4.14. The SMILES string of the molecule is CCNC(=NCC(C)(C)CN(C)C)NCC(C)c1ccsc1. The van der Waals surface area contributed by atoms with E-state index in [-0.39, 0.29) is 5.41 Å². The summed E-state index contributed by atoms with van der Waals surface area (Å²) >= 11 is 1.75. The Morgan fingerprint density at radius 1 is 1.36 bits per heavy atom. The van der Waals surface area contributed by atoms with E-state index >= 15 is 0 Å². The molecule has 0 aliphatic rings. The number of hydrogen-bond acceptors (Lipinski definition) is 3. The highest BCUT2D eigenvalue weighted by molar-refractivity contribution is 7.07. The van der Waals surface area contributed by atoms with Crippen molar-refractivity contribution in [3.63, 3.8) is 0 Å². The van der Waals surface area contributed by atoms with Crippen molar-refractivity contribution in [2.24, 2.45) is 10.4 Å². The second-order valence-corrected chi connectivity index (χ2v) is 7.72. The highest BCUT2D eigenvalue weighted by Gasteiger charge is 2.18. The average Bonchev–Trinajstić information content (AvgIpc) is 2.94. The lowest BCUT2D eigenvalue weighted by molar-refractivity contribution is 0.248. The minimum atomic E-state index is 0.171. The molecule has 1 rings (SSSR count). The van der Waals surface area contributed by atoms with Gasteiger partial charge in [0.2, 0.25) is 0 Å². The van der Waals surface area contributed by atoms with Gasteiger partial charge in [-0.2, -0.15) is 11.3 Å². The van der Waals surface area contributed by atoms with Crippen LogP contribution in [0.1, 0.15) is 39.2 Å². The van der Waals surface area contributed by atoms with Gasteiger partial charge < -0.3 is 15.5 Å². The van der Waals surface area contributed by atoms with Crippen LogP contribution in [0.3, 0.4) is 0 Å². The van der Waals surface area contributed by atoms with Crippen LogP contribution < -0.4 is 10.6 Å². The summed E-state index contributed by atoms with van der Waals surface area (Å²) in [4.78, 5) is 6.98. The Morgan fingerprint density at radius 2 is 2.09 bits per heavy atom. The predicted molar refractivity (Wildman–Crippen MR) is 99.1 cm³/mol. The zero-order chi connectivity index (χ0) is 16.6. The first-order valence-electron chi connectivity index (χ1n) is 8.03. The molecule has 2 N–H and O–H groups in total. The molecule has 0 aliphatic carbocycles. The summed E-state index contributed by atoms with van der Waals surface area (Å²) in [6, 6.07) is 2.20. The fourth-order valence-corrected chi connectivity index (χ4v) is 3.25. The van der Waals surface area contributed by atoms with Gasteiger partial charge in [0.25, 0.3) is 0 Å². The molecule has 5 heteroatoms. The second kappa shape index (κ2) is 9.16. The molecule has 0 aromatic carbocycles. The van der Waals surface area contributed by atoms with Gasteiger partial charge in [-0.1, -0.05) is 20.8 Å². The lowest BCUT2D eigenvalue weighted by atomic mass is 9.93. The molecule has 1 heterocycles. The molecule has 0 bridgehead atoms. The topological polar surface area (TPSA) is 39.7 Å². The lowest BCUT2D eigenvalue weighted by Gasteiger charge is -2.27. The number of thiophene rings is 1. The first kappa shape index (κ1) is 19.0. The number of nitrogens with zero attached hydrogens (tertiary/aromatic N) is 2. The van der Waals surface area contributed by atoms with E-state index < -0.39 is 0 Å². The molecule has 0 fully saturated rings. The number of rotatable bonds is 8. The summed E-state index contributed by atoms with van der Waals surface area (Å²) in [7, 11) is 4.22. The monoisotopic (exact) mass is 324 g/mol. The predicted octanol–water partition coefficient (Wildman–Crippen LogP) is 2.99. The van der Waals surface area contributed by atoms with E-state index in [4.69, 9.17) is 4.99 Å². The first-order chi connectivity index (χ1) is 10.3. The van der Waals surface area contributed by atoms with E-state index in [9.17, 15) is 0 Å². The molecule has 0 saturated carbocycles. The Morgan fingerprint density at radius 3 is 2.64 bits per heavy atom. The molecule has 0 aliphatic heterocycles. The van der Waals surface area contributed by atoms with Gasteiger partial charge in [-0.05, 0) is 54.7 Å². The van der Waals surface area contributed by atoms with Crippen molar-refractivity contribution < 1.29 is 0 Å². The normalized spacial score (nSPS) is 14.2. The highest BCUT2D eigenvalue weighted by atomic mass is 32.1. The van der Waals surface area contributed by atoms with Crippen molar-refractivity contribution in [1.82, 2.24) is 15.5 Å². The minimum Gasteiger partial charge on any atom is -0.357 e. The molecule has 1 aromatic heterocycles. The summed E-state index contributed by atoms with van der Waals surface area (Å²) in [5.74, 6) is 1.40. The van der Waals surface area contributed by atoms with E-state index in [1.54, 1.807) is 11.3 Å². The molecule has 0 spiro atoms. The van der Waals surface area contributed by atoms with Gasteiger partial charge in [0.1, 0.15) is 0 Å². The largest absolute Gasteiger partial charge is 0.357 e. The Bertz CT molecular complexity index is 438. The number of hydrogen-bond donors (Lipinski definition) is 2. The Hall–Kier alpha value is -1.07. The standard InChI is InChI=1S/C17H32N4S/c1-7-18-16(20-12-17(3,4)13-21(5)6)19-10-14(2)15-8-9-22-11-15/h8-9,11,14H,7,10,12-13H2,1-6H3,(H2,18,19,20). The van der Waals surface area contributed by atoms with Crippen LogP contribution in [-0.2, 0) is 0 Å². The zero-order valence-corrected chi connectivity index (χ0v) is 15.8. The summed E-state index contributed by atoms with van der Waals surface area (Å²) in [5, 5.41) is 11.2. The fourth-order valence-electron chi connectivity index (χ4n) is 2.46. The summed E-state index contributed by atoms with van der Waals surface area (Å²) in [6.45, 7) is 12.5. The van der Waals surface area contributed by atoms with E-state index in [0.717, 1.165) is 32.1 Å². The molecule has 1 atom stereocenters. The van der Waals surface area contributed by atoms with E-state index in [2.05, 4.69) is 74.2 Å². The smallest absolute Gasteiger partial charge is 0.191 e. The molecule has 0 amide bonds. The molecular formula is C17H32N4S. The van der Waals surface area contributed by atoms with E-state index in [1.165, 1.54) is 5.56 Å². The minimum absolute atomic E-state index is 0.171. The molecule has 126 valence electrons. The Labute approximate surface area is 140 Å². The van der Waals surface area contributed by atoms with Crippen LogP contribution >= 0.6 is 11.3 Å². The number of aliphatic imine (C=N–C) groups is 1. The first-order valence-corrected chi connectivity index (χ1v) is 8.97. The van der Waals surface area contributed by atoms with Gasteiger partial charge in [0, 0.05) is 26.2 Å². The average molecular weight is 325 g/mol. The lowest BCUT2D eigenvalue weighted by Crippen LogP contribution is -2.40. The van der Waals surface area contributed by atoms with Crippen LogP contribution in [0.4, 0.5) is 0 Å². The Kier molecular flexibility index (Phi) is 7.90. The van der Waals surface area contributed by atoms with Crippen LogP contribution in [0.5, 0.6) is 0 Å². The summed E-state index contributed by atoms with van der Waals surface area (Å²) in [5.41, 5.74) is 1.56. The third-order valence-electron chi connectivity index (χ3n) is 3.44. The van der Waals surface area contributed by atoms with Crippen molar-refractivity contribution in [3.05, 3.63) is 22.4 Å². The maximum atomic E-state index is 4.76. The van der Waals surface area contributed by atoms with Crippen LogP contribution in [0, 0.1) is 5.41 Å². The van der Waals surface area contributed by atoms with Crippen LogP contribution in [0.25, 0.3) is 0 Å². The van der Waals surface area contributed by atoms with Gasteiger partial charge in [0.05, 0.1) is 0 Å². The molecule has 4 nitrogen and oxygen atoms in total. The van der Waals surface area contributed by atoms with Gasteiger partial charge in [-0.15, -0.1) is 0 Å². The van der Waals surface area contributed by atoms with Gasteiger partial charge in [0.15, 0.2) is 5.96 Å². The molecule has 1 aromatic rings. The molecular weight excluding hydrogens is 292 g/mol. The zero-order valence-electron chi connectivity index (χ0n) is 14.9. The van der Waals surface area contributed by atoms with Crippen molar-refractivity contribution in [2.75, 3.05) is 40.3 Å². The van der Waals surface area contributed by atoms with Crippen molar-refractivity contribution in [2.45, 2.75) is 33.6 Å². The molecule has 0 saturated heterocycles. The van der Waals surface area contributed by atoms with Crippen molar-refractivity contribution in [3.8, 4) is 0 Å². The van der Waals surface area contributed by atoms with Gasteiger partial charge >= 0.3 is 0 Å². The van der Waals surface area contributed by atoms with Gasteiger partial charge in [-0.25, -0.2) is 0 Å². The maximum Gasteiger partial charge on any atom is 0.191 e.